The van der Waals surface area contributed by atoms with Crippen LogP contribution in [0.3, 0.4) is 0 Å². The van der Waals surface area contributed by atoms with Gasteiger partial charge in [0, 0.05) is 18.5 Å². The van der Waals surface area contributed by atoms with Crippen LogP contribution in [0.5, 0.6) is 11.5 Å². The number of hydrogen-bond donors (Lipinski definition) is 0. The summed E-state index contributed by atoms with van der Waals surface area (Å²) in [6.45, 7) is 5.09. The molecule has 29 heavy (non-hydrogen) atoms. The van der Waals surface area contributed by atoms with Gasteiger partial charge in [0.05, 0.1) is 12.5 Å². The first-order valence-corrected chi connectivity index (χ1v) is 10.4. The number of piperidine rings is 3. The molecule has 4 saturated heterocycles. The number of aromatic nitrogens is 2. The average molecular weight is 396 g/mol. The standard InChI is InChI=1S/C21H24N4O4/c1-12-16(23-29-22-12)9-19(26)25-10-15(14-2-3-17-18(8-14)28-11-27-17)21-20(25)13-4-6-24(21)7-5-13/h2-3,8,13,15,20-21H,4-7,9-11H2,1H3/t15-,20+,21+/m0/s1. The normalized spacial score (nSPS) is 31.9. The number of likely N-dealkylation sites (tertiary alicyclic amines) is 1. The highest BCUT2D eigenvalue weighted by atomic mass is 16.7. The van der Waals surface area contributed by atoms with E-state index in [-0.39, 0.29) is 31.1 Å². The second kappa shape index (κ2) is 6.45. The highest BCUT2D eigenvalue weighted by Gasteiger charge is 2.54. The molecule has 2 bridgehead atoms. The van der Waals surface area contributed by atoms with E-state index >= 15 is 0 Å². The Labute approximate surface area is 168 Å². The molecule has 8 heteroatoms. The second-order valence-electron chi connectivity index (χ2n) is 8.59. The molecule has 0 radical (unpaired) electrons. The lowest BCUT2D eigenvalue weighted by Gasteiger charge is -2.51. The van der Waals surface area contributed by atoms with Crippen molar-refractivity contribution in [2.75, 3.05) is 26.4 Å². The number of carbonyl (C=O) groups excluding carboxylic acids is 1. The van der Waals surface area contributed by atoms with E-state index < -0.39 is 0 Å². The fourth-order valence-electron chi connectivity index (χ4n) is 5.80. The van der Waals surface area contributed by atoms with E-state index in [4.69, 9.17) is 14.1 Å². The zero-order chi connectivity index (χ0) is 19.5. The summed E-state index contributed by atoms with van der Waals surface area (Å²) in [4.78, 5) is 18.0. The molecule has 152 valence electrons. The molecular weight excluding hydrogens is 372 g/mol. The highest BCUT2D eigenvalue weighted by molar-refractivity contribution is 5.79. The maximum Gasteiger partial charge on any atom is 0.231 e. The number of ether oxygens (including phenoxy) is 2. The van der Waals surface area contributed by atoms with Gasteiger partial charge in [0.15, 0.2) is 11.5 Å². The van der Waals surface area contributed by atoms with Crippen LogP contribution in [0, 0.1) is 12.8 Å². The van der Waals surface area contributed by atoms with Crippen LogP contribution in [-0.4, -0.2) is 64.5 Å². The Hall–Kier alpha value is -2.61. The number of carbonyl (C=O) groups is 1. The Morgan fingerprint density at radius 3 is 2.76 bits per heavy atom. The number of rotatable bonds is 3. The van der Waals surface area contributed by atoms with Crippen molar-refractivity contribution in [1.82, 2.24) is 20.1 Å². The zero-order valence-corrected chi connectivity index (χ0v) is 16.4. The fourth-order valence-corrected chi connectivity index (χ4v) is 5.80. The Kier molecular flexibility index (Phi) is 3.84. The number of nitrogens with zero attached hydrogens (tertiary/aromatic N) is 4. The van der Waals surface area contributed by atoms with E-state index in [9.17, 15) is 4.79 Å². The smallest absolute Gasteiger partial charge is 0.231 e. The van der Waals surface area contributed by atoms with Gasteiger partial charge in [-0.3, -0.25) is 9.69 Å². The minimum atomic E-state index is 0.121. The van der Waals surface area contributed by atoms with E-state index in [1.807, 2.05) is 13.0 Å². The molecule has 0 saturated carbocycles. The maximum atomic E-state index is 13.3. The molecule has 2 aromatic rings. The van der Waals surface area contributed by atoms with Crippen LogP contribution in [0.2, 0.25) is 0 Å². The van der Waals surface area contributed by atoms with Crippen molar-refractivity contribution in [3.63, 3.8) is 0 Å². The first-order valence-electron chi connectivity index (χ1n) is 10.4. The lowest BCUT2D eigenvalue weighted by Crippen LogP contribution is -2.60. The van der Waals surface area contributed by atoms with Crippen molar-refractivity contribution in [2.45, 2.75) is 44.2 Å². The molecular formula is C21H24N4O4. The van der Waals surface area contributed by atoms with Gasteiger partial charge in [0.2, 0.25) is 12.7 Å². The number of aryl methyl sites for hydroxylation is 1. The van der Waals surface area contributed by atoms with E-state index in [1.165, 1.54) is 18.4 Å². The summed E-state index contributed by atoms with van der Waals surface area (Å²) in [6, 6.07) is 6.87. The molecule has 1 aromatic heterocycles. The summed E-state index contributed by atoms with van der Waals surface area (Å²) in [7, 11) is 0. The second-order valence-corrected chi connectivity index (χ2v) is 8.59. The lowest BCUT2D eigenvalue weighted by molar-refractivity contribution is -0.135. The monoisotopic (exact) mass is 396 g/mol. The predicted octanol–water partition coefficient (Wildman–Crippen LogP) is 1.74. The van der Waals surface area contributed by atoms with Crippen molar-refractivity contribution in [3.8, 4) is 11.5 Å². The molecule has 5 aliphatic heterocycles. The van der Waals surface area contributed by atoms with Crippen LogP contribution in [0.4, 0.5) is 0 Å². The number of benzene rings is 1. The van der Waals surface area contributed by atoms with Gasteiger partial charge in [-0.15, -0.1) is 0 Å². The predicted molar refractivity (Wildman–Crippen MR) is 102 cm³/mol. The average Bonchev–Trinajstić information content (AvgIpc) is 3.47. The van der Waals surface area contributed by atoms with Crippen molar-refractivity contribution in [3.05, 3.63) is 35.2 Å². The number of amides is 1. The van der Waals surface area contributed by atoms with Crippen LogP contribution in [-0.2, 0) is 11.2 Å². The molecule has 1 aromatic carbocycles. The van der Waals surface area contributed by atoms with Crippen molar-refractivity contribution >= 4 is 5.91 Å². The summed E-state index contributed by atoms with van der Waals surface area (Å²) in [5, 5.41) is 7.74. The Morgan fingerprint density at radius 1 is 1.14 bits per heavy atom. The van der Waals surface area contributed by atoms with Gasteiger partial charge < -0.3 is 14.4 Å². The summed E-state index contributed by atoms with van der Waals surface area (Å²) in [6.07, 6.45) is 2.59. The largest absolute Gasteiger partial charge is 0.454 e. The number of fused-ring (bicyclic) bond motifs is 3. The van der Waals surface area contributed by atoms with Crippen molar-refractivity contribution < 1.29 is 18.9 Å². The van der Waals surface area contributed by atoms with E-state index in [0.29, 0.717) is 23.3 Å². The zero-order valence-electron chi connectivity index (χ0n) is 16.4. The van der Waals surface area contributed by atoms with Crippen LogP contribution >= 0.6 is 0 Å². The van der Waals surface area contributed by atoms with Gasteiger partial charge in [0.25, 0.3) is 0 Å². The van der Waals surface area contributed by atoms with Gasteiger partial charge >= 0.3 is 0 Å². The molecule has 0 spiro atoms. The van der Waals surface area contributed by atoms with E-state index in [0.717, 1.165) is 31.1 Å². The summed E-state index contributed by atoms with van der Waals surface area (Å²) in [5.74, 6) is 2.58. The Morgan fingerprint density at radius 2 is 1.97 bits per heavy atom. The molecule has 1 amide bonds. The van der Waals surface area contributed by atoms with Crippen LogP contribution in [0.15, 0.2) is 22.8 Å². The molecule has 7 rings (SSSR count). The molecule has 6 heterocycles. The molecule has 0 unspecified atom stereocenters. The van der Waals surface area contributed by atoms with Crippen LogP contribution in [0.1, 0.15) is 35.7 Å². The fraction of sp³-hybridized carbons (Fsp3) is 0.571. The number of hydrogen-bond acceptors (Lipinski definition) is 7. The third-order valence-electron chi connectivity index (χ3n) is 7.20. The maximum absolute atomic E-state index is 13.3. The topological polar surface area (TPSA) is 80.9 Å². The third kappa shape index (κ3) is 2.65. The third-order valence-corrected chi connectivity index (χ3v) is 7.20. The van der Waals surface area contributed by atoms with Crippen LogP contribution < -0.4 is 9.47 Å². The summed E-state index contributed by atoms with van der Waals surface area (Å²) in [5.41, 5.74) is 2.56. The Balaban J connectivity index is 1.33. The van der Waals surface area contributed by atoms with Gasteiger partial charge in [0.1, 0.15) is 11.4 Å². The summed E-state index contributed by atoms with van der Waals surface area (Å²) < 4.78 is 15.9. The molecule has 5 aliphatic rings. The Bertz CT molecular complexity index is 952. The minimum Gasteiger partial charge on any atom is -0.454 e. The minimum absolute atomic E-state index is 0.121. The first-order chi connectivity index (χ1) is 14.2. The first kappa shape index (κ1) is 17.3. The van der Waals surface area contributed by atoms with Crippen molar-refractivity contribution in [2.24, 2.45) is 5.92 Å². The van der Waals surface area contributed by atoms with Gasteiger partial charge in [-0.2, -0.15) is 0 Å². The van der Waals surface area contributed by atoms with Gasteiger partial charge in [-0.25, -0.2) is 4.63 Å². The van der Waals surface area contributed by atoms with E-state index in [1.54, 1.807) is 0 Å². The molecule has 8 nitrogen and oxygen atoms in total. The van der Waals surface area contributed by atoms with Gasteiger partial charge in [-0.05, 0) is 56.5 Å². The molecule has 4 fully saturated rings. The van der Waals surface area contributed by atoms with Crippen LogP contribution in [0.25, 0.3) is 0 Å². The molecule has 3 atom stereocenters. The molecule has 0 N–H and O–H groups in total. The molecule has 0 aliphatic carbocycles. The quantitative estimate of drug-likeness (QED) is 0.782. The van der Waals surface area contributed by atoms with E-state index in [2.05, 4.69) is 32.2 Å². The lowest BCUT2D eigenvalue weighted by atomic mass is 9.75. The highest BCUT2D eigenvalue weighted by Crippen LogP contribution is 2.48. The summed E-state index contributed by atoms with van der Waals surface area (Å²) >= 11 is 0. The van der Waals surface area contributed by atoms with Gasteiger partial charge in [-0.1, -0.05) is 16.4 Å². The SMILES string of the molecule is Cc1nonc1CC(=O)N1C[C@@H](c2ccc3c(c2)OCO3)[C@@H]2[C@H]1C1CCN2CC1. The van der Waals surface area contributed by atoms with Crippen molar-refractivity contribution in [1.29, 1.82) is 0 Å².